The van der Waals surface area contributed by atoms with Crippen LogP contribution >= 0.6 is 0 Å². The summed E-state index contributed by atoms with van der Waals surface area (Å²) < 4.78 is 10.9. The molecule has 0 aliphatic carbocycles. The van der Waals surface area contributed by atoms with Crippen LogP contribution in [0.2, 0.25) is 0 Å². The SMILES string of the molecule is Cc1cc(C(C)NCCCN2CCOCC2)c(C)o1. The molecule has 0 aromatic carbocycles. The summed E-state index contributed by atoms with van der Waals surface area (Å²) in [6.07, 6.45) is 1.18. The van der Waals surface area contributed by atoms with E-state index >= 15 is 0 Å². The molecule has 0 amide bonds. The molecule has 1 aliphatic rings. The van der Waals surface area contributed by atoms with Crippen LogP contribution in [0.5, 0.6) is 0 Å². The van der Waals surface area contributed by atoms with Crippen molar-refractivity contribution in [3.8, 4) is 0 Å². The van der Waals surface area contributed by atoms with Crippen LogP contribution in [-0.4, -0.2) is 44.3 Å². The van der Waals surface area contributed by atoms with Crippen molar-refractivity contribution >= 4 is 0 Å². The fraction of sp³-hybridized carbons (Fsp3) is 0.733. The lowest BCUT2D eigenvalue weighted by molar-refractivity contribution is 0.0374. The summed E-state index contributed by atoms with van der Waals surface area (Å²) in [6.45, 7) is 12.4. The number of hydrogen-bond acceptors (Lipinski definition) is 4. The van der Waals surface area contributed by atoms with Crippen LogP contribution in [0.3, 0.4) is 0 Å². The molecule has 4 nitrogen and oxygen atoms in total. The molecule has 2 heterocycles. The maximum Gasteiger partial charge on any atom is 0.105 e. The highest BCUT2D eigenvalue weighted by Gasteiger charge is 2.13. The zero-order valence-corrected chi connectivity index (χ0v) is 12.4. The third-order valence-electron chi connectivity index (χ3n) is 3.75. The Bertz CT molecular complexity index is 383. The molecule has 0 radical (unpaired) electrons. The van der Waals surface area contributed by atoms with Gasteiger partial charge in [0.1, 0.15) is 11.5 Å². The van der Waals surface area contributed by atoms with Crippen LogP contribution in [0.1, 0.15) is 36.5 Å². The average molecular weight is 266 g/mol. The van der Waals surface area contributed by atoms with Gasteiger partial charge < -0.3 is 14.5 Å². The second kappa shape index (κ2) is 7.08. The number of furan rings is 1. The number of aryl methyl sites for hydroxylation is 2. The summed E-state index contributed by atoms with van der Waals surface area (Å²) in [7, 11) is 0. The van der Waals surface area contributed by atoms with Gasteiger partial charge in [0.2, 0.25) is 0 Å². The van der Waals surface area contributed by atoms with Crippen molar-refractivity contribution in [1.29, 1.82) is 0 Å². The smallest absolute Gasteiger partial charge is 0.105 e. The van der Waals surface area contributed by atoms with E-state index in [0.717, 1.165) is 50.9 Å². The van der Waals surface area contributed by atoms with Crippen molar-refractivity contribution in [2.45, 2.75) is 33.2 Å². The highest BCUT2D eigenvalue weighted by molar-refractivity contribution is 5.23. The molecule has 1 aliphatic heterocycles. The molecule has 1 fully saturated rings. The lowest BCUT2D eigenvalue weighted by atomic mass is 10.1. The first kappa shape index (κ1) is 14.6. The fourth-order valence-corrected chi connectivity index (χ4v) is 2.64. The topological polar surface area (TPSA) is 37.6 Å². The van der Waals surface area contributed by atoms with E-state index in [1.807, 2.05) is 13.8 Å². The summed E-state index contributed by atoms with van der Waals surface area (Å²) >= 11 is 0. The van der Waals surface area contributed by atoms with Crippen molar-refractivity contribution in [3.05, 3.63) is 23.2 Å². The fourth-order valence-electron chi connectivity index (χ4n) is 2.64. The second-order valence-corrected chi connectivity index (χ2v) is 5.35. The Morgan fingerprint density at radius 3 is 2.68 bits per heavy atom. The molecule has 0 saturated carbocycles. The van der Waals surface area contributed by atoms with Crippen LogP contribution in [0.15, 0.2) is 10.5 Å². The van der Waals surface area contributed by atoms with Crippen LogP contribution in [0, 0.1) is 13.8 Å². The highest BCUT2D eigenvalue weighted by Crippen LogP contribution is 2.20. The van der Waals surface area contributed by atoms with Gasteiger partial charge in [-0.05, 0) is 46.3 Å². The highest BCUT2D eigenvalue weighted by atomic mass is 16.5. The minimum Gasteiger partial charge on any atom is -0.466 e. The van der Waals surface area contributed by atoms with E-state index in [9.17, 15) is 0 Å². The second-order valence-electron chi connectivity index (χ2n) is 5.35. The normalized spacial score (nSPS) is 18.7. The average Bonchev–Trinajstić information content (AvgIpc) is 2.75. The quantitative estimate of drug-likeness (QED) is 0.802. The van der Waals surface area contributed by atoms with Crippen LogP contribution in [-0.2, 0) is 4.74 Å². The van der Waals surface area contributed by atoms with Gasteiger partial charge in [-0.2, -0.15) is 0 Å². The predicted molar refractivity (Wildman–Crippen MR) is 76.5 cm³/mol. The van der Waals surface area contributed by atoms with Gasteiger partial charge in [-0.15, -0.1) is 0 Å². The van der Waals surface area contributed by atoms with E-state index in [0.29, 0.717) is 6.04 Å². The summed E-state index contributed by atoms with van der Waals surface area (Å²) in [6, 6.07) is 2.50. The first-order valence-electron chi connectivity index (χ1n) is 7.27. The molecule has 0 bridgehead atoms. The van der Waals surface area contributed by atoms with E-state index in [1.54, 1.807) is 0 Å². The van der Waals surface area contributed by atoms with E-state index in [1.165, 1.54) is 12.0 Å². The lowest BCUT2D eigenvalue weighted by Gasteiger charge is -2.26. The zero-order chi connectivity index (χ0) is 13.7. The molecule has 1 unspecified atom stereocenters. The maximum atomic E-state index is 5.57. The van der Waals surface area contributed by atoms with Crippen molar-refractivity contribution in [1.82, 2.24) is 10.2 Å². The summed E-state index contributed by atoms with van der Waals surface area (Å²) in [4.78, 5) is 2.48. The molecule has 2 rings (SSSR count). The number of rotatable bonds is 6. The first-order valence-corrected chi connectivity index (χ1v) is 7.27. The third-order valence-corrected chi connectivity index (χ3v) is 3.75. The standard InChI is InChI=1S/C15H26N2O2/c1-12-11-15(14(3)19-12)13(2)16-5-4-6-17-7-9-18-10-8-17/h11,13,16H,4-10H2,1-3H3. The van der Waals surface area contributed by atoms with Crippen molar-refractivity contribution in [2.24, 2.45) is 0 Å². The van der Waals surface area contributed by atoms with Crippen molar-refractivity contribution in [3.63, 3.8) is 0 Å². The van der Waals surface area contributed by atoms with E-state index in [2.05, 4.69) is 23.2 Å². The van der Waals surface area contributed by atoms with Crippen molar-refractivity contribution < 1.29 is 9.15 Å². The molecule has 19 heavy (non-hydrogen) atoms. The van der Waals surface area contributed by atoms with E-state index in [4.69, 9.17) is 9.15 Å². The Kier molecular flexibility index (Phi) is 5.43. The van der Waals surface area contributed by atoms with Gasteiger partial charge in [-0.3, -0.25) is 4.90 Å². The Morgan fingerprint density at radius 1 is 1.32 bits per heavy atom. The number of morpholine rings is 1. The van der Waals surface area contributed by atoms with E-state index in [-0.39, 0.29) is 0 Å². The molecular formula is C15H26N2O2. The monoisotopic (exact) mass is 266 g/mol. The minimum absolute atomic E-state index is 0.363. The van der Waals surface area contributed by atoms with Gasteiger partial charge in [0.15, 0.2) is 0 Å². The van der Waals surface area contributed by atoms with Gasteiger partial charge >= 0.3 is 0 Å². The Hall–Kier alpha value is -0.840. The molecule has 1 saturated heterocycles. The molecule has 1 atom stereocenters. The molecule has 1 aromatic rings. The molecule has 1 aromatic heterocycles. The zero-order valence-electron chi connectivity index (χ0n) is 12.4. The Labute approximate surface area is 116 Å². The largest absolute Gasteiger partial charge is 0.466 e. The number of ether oxygens (including phenoxy) is 1. The van der Waals surface area contributed by atoms with E-state index < -0.39 is 0 Å². The summed E-state index contributed by atoms with van der Waals surface area (Å²) in [5.41, 5.74) is 1.28. The van der Waals surface area contributed by atoms with Gasteiger partial charge in [-0.1, -0.05) is 0 Å². The van der Waals surface area contributed by atoms with Gasteiger partial charge in [0.05, 0.1) is 13.2 Å². The van der Waals surface area contributed by atoms with Gasteiger partial charge in [0.25, 0.3) is 0 Å². The Morgan fingerprint density at radius 2 is 2.05 bits per heavy atom. The molecule has 108 valence electrons. The Balaban J connectivity index is 1.66. The minimum atomic E-state index is 0.363. The maximum absolute atomic E-state index is 5.57. The third kappa shape index (κ3) is 4.34. The number of nitrogens with one attached hydrogen (secondary N) is 1. The summed E-state index contributed by atoms with van der Waals surface area (Å²) in [5, 5.41) is 3.57. The molecule has 0 spiro atoms. The molecule has 4 heteroatoms. The molecule has 1 N–H and O–H groups in total. The van der Waals surface area contributed by atoms with Crippen LogP contribution in [0.25, 0.3) is 0 Å². The predicted octanol–water partition coefficient (Wildman–Crippen LogP) is 2.27. The number of hydrogen-bond donors (Lipinski definition) is 1. The number of nitrogens with zero attached hydrogens (tertiary/aromatic N) is 1. The van der Waals surface area contributed by atoms with Gasteiger partial charge in [-0.25, -0.2) is 0 Å². The molecular weight excluding hydrogens is 240 g/mol. The van der Waals surface area contributed by atoms with Gasteiger partial charge in [0, 0.05) is 24.7 Å². The van der Waals surface area contributed by atoms with Crippen molar-refractivity contribution in [2.75, 3.05) is 39.4 Å². The lowest BCUT2D eigenvalue weighted by Crippen LogP contribution is -2.37. The summed E-state index contributed by atoms with van der Waals surface area (Å²) in [5.74, 6) is 2.03. The van der Waals surface area contributed by atoms with Crippen LogP contribution in [0.4, 0.5) is 0 Å². The van der Waals surface area contributed by atoms with Crippen LogP contribution < -0.4 is 5.32 Å². The first-order chi connectivity index (χ1) is 9.16.